The fraction of sp³-hybridized carbons (Fsp3) is 0.833. The van der Waals surface area contributed by atoms with E-state index in [-0.39, 0.29) is 0 Å². The maximum Gasteiger partial charge on any atom is 0.0946 e. The van der Waals surface area contributed by atoms with E-state index in [9.17, 15) is 0 Å². The molecule has 0 saturated heterocycles. The summed E-state index contributed by atoms with van der Waals surface area (Å²) in [5.74, 6) is 0. The minimum Gasteiger partial charge on any atom is -0.336 e. The van der Waals surface area contributed by atoms with Gasteiger partial charge in [-0.2, -0.15) is 0 Å². The predicted molar refractivity (Wildman–Crippen MR) is 89.4 cm³/mol. The number of rotatable bonds is 4. The number of aromatic nitrogens is 2. The van der Waals surface area contributed by atoms with Gasteiger partial charge in [0, 0.05) is 31.0 Å². The topological polar surface area (TPSA) is 29.9 Å². The van der Waals surface area contributed by atoms with Crippen molar-refractivity contribution in [3.63, 3.8) is 0 Å². The van der Waals surface area contributed by atoms with E-state index in [4.69, 9.17) is 0 Å². The van der Waals surface area contributed by atoms with E-state index < -0.39 is 0 Å². The molecule has 3 heteroatoms. The van der Waals surface area contributed by atoms with Crippen molar-refractivity contribution < 1.29 is 0 Å². The van der Waals surface area contributed by atoms with Crippen LogP contribution in [0, 0.1) is 0 Å². The van der Waals surface area contributed by atoms with E-state index in [1.54, 1.807) is 0 Å². The maximum atomic E-state index is 4.13. The lowest BCUT2D eigenvalue weighted by molar-refractivity contribution is 0.352. The molecule has 0 amide bonds. The molecule has 0 spiro atoms. The molecule has 1 unspecified atom stereocenters. The summed E-state index contributed by atoms with van der Waals surface area (Å²) in [7, 11) is 0. The smallest absolute Gasteiger partial charge is 0.0946 e. The van der Waals surface area contributed by atoms with Gasteiger partial charge < -0.3 is 9.88 Å². The molecule has 3 nitrogen and oxygen atoms in total. The van der Waals surface area contributed by atoms with Crippen LogP contribution < -0.4 is 5.32 Å². The Labute approximate surface area is 130 Å². The molecule has 1 aliphatic carbocycles. The van der Waals surface area contributed by atoms with Crippen LogP contribution >= 0.6 is 0 Å². The van der Waals surface area contributed by atoms with Crippen molar-refractivity contribution in [2.24, 2.45) is 0 Å². The molecule has 1 atom stereocenters. The SMILES string of the molecule is CC(Cn1ccnc1)NC1CCCCCCCCCCC1. The predicted octanol–water partition coefficient (Wildman–Crippen LogP) is 4.53. The second-order valence-corrected chi connectivity index (χ2v) is 6.78. The minimum absolute atomic E-state index is 0.525. The highest BCUT2D eigenvalue weighted by Gasteiger charge is 2.12. The van der Waals surface area contributed by atoms with Crippen molar-refractivity contribution in [2.75, 3.05) is 0 Å². The fourth-order valence-electron chi connectivity index (χ4n) is 3.50. The molecular formula is C18H33N3. The Bertz CT molecular complexity index is 335. The van der Waals surface area contributed by atoms with Crippen LogP contribution in [0.2, 0.25) is 0 Å². The Morgan fingerprint density at radius 2 is 1.57 bits per heavy atom. The second kappa shape index (κ2) is 9.99. The van der Waals surface area contributed by atoms with Crippen molar-refractivity contribution in [3.05, 3.63) is 18.7 Å². The van der Waals surface area contributed by atoms with E-state index in [0.29, 0.717) is 12.1 Å². The van der Waals surface area contributed by atoms with Gasteiger partial charge in [-0.05, 0) is 19.8 Å². The molecule has 1 saturated carbocycles. The van der Waals surface area contributed by atoms with Gasteiger partial charge in [-0.3, -0.25) is 0 Å². The van der Waals surface area contributed by atoms with Gasteiger partial charge in [-0.15, -0.1) is 0 Å². The standard InChI is InChI=1S/C18H33N3/c1-17(15-21-14-13-19-16-21)20-18-11-9-7-5-3-2-4-6-8-10-12-18/h13-14,16-18,20H,2-12,15H2,1H3. The highest BCUT2D eigenvalue weighted by Crippen LogP contribution is 2.17. The molecule has 1 fully saturated rings. The lowest BCUT2D eigenvalue weighted by atomic mass is 9.97. The van der Waals surface area contributed by atoms with E-state index in [0.717, 1.165) is 6.54 Å². The Morgan fingerprint density at radius 3 is 2.10 bits per heavy atom. The van der Waals surface area contributed by atoms with Gasteiger partial charge in [-0.25, -0.2) is 4.98 Å². The summed E-state index contributed by atoms with van der Waals surface area (Å²) < 4.78 is 2.17. The summed E-state index contributed by atoms with van der Waals surface area (Å²) in [4.78, 5) is 4.13. The lowest BCUT2D eigenvalue weighted by Crippen LogP contribution is -2.39. The molecule has 1 heterocycles. The van der Waals surface area contributed by atoms with Gasteiger partial charge in [-0.1, -0.05) is 57.8 Å². The molecular weight excluding hydrogens is 258 g/mol. The van der Waals surface area contributed by atoms with Gasteiger partial charge in [0.2, 0.25) is 0 Å². The first-order valence-corrected chi connectivity index (χ1v) is 9.06. The zero-order valence-electron chi connectivity index (χ0n) is 13.8. The molecule has 1 N–H and O–H groups in total. The number of hydrogen-bond donors (Lipinski definition) is 1. The molecule has 0 aliphatic heterocycles. The third-order valence-electron chi connectivity index (χ3n) is 4.67. The van der Waals surface area contributed by atoms with Crippen molar-refractivity contribution in [3.8, 4) is 0 Å². The Balaban J connectivity index is 1.74. The first-order valence-electron chi connectivity index (χ1n) is 9.06. The van der Waals surface area contributed by atoms with E-state index >= 15 is 0 Å². The largest absolute Gasteiger partial charge is 0.336 e. The Hall–Kier alpha value is -0.830. The fourth-order valence-corrected chi connectivity index (χ4v) is 3.50. The quantitative estimate of drug-likeness (QED) is 0.883. The number of imidazole rings is 1. The first kappa shape index (κ1) is 16.5. The third kappa shape index (κ3) is 7.12. The Morgan fingerprint density at radius 1 is 1.00 bits per heavy atom. The number of hydrogen-bond acceptors (Lipinski definition) is 2. The van der Waals surface area contributed by atoms with E-state index in [1.807, 2.05) is 12.5 Å². The summed E-state index contributed by atoms with van der Waals surface area (Å²) >= 11 is 0. The molecule has 120 valence electrons. The van der Waals surface area contributed by atoms with Crippen LogP contribution in [0.15, 0.2) is 18.7 Å². The normalized spacial score (nSPS) is 21.4. The van der Waals surface area contributed by atoms with E-state index in [2.05, 4.69) is 28.0 Å². The molecule has 0 radical (unpaired) electrons. The second-order valence-electron chi connectivity index (χ2n) is 6.78. The van der Waals surface area contributed by atoms with Crippen LogP contribution in [-0.4, -0.2) is 21.6 Å². The maximum absolute atomic E-state index is 4.13. The Kier molecular flexibility index (Phi) is 7.87. The average molecular weight is 291 g/mol. The minimum atomic E-state index is 0.525. The monoisotopic (exact) mass is 291 g/mol. The van der Waals surface area contributed by atoms with Gasteiger partial charge in [0.05, 0.1) is 6.33 Å². The van der Waals surface area contributed by atoms with Gasteiger partial charge in [0.25, 0.3) is 0 Å². The zero-order chi connectivity index (χ0) is 14.8. The molecule has 2 rings (SSSR count). The molecule has 1 aromatic heterocycles. The third-order valence-corrected chi connectivity index (χ3v) is 4.67. The molecule has 0 aromatic carbocycles. The van der Waals surface area contributed by atoms with Crippen LogP contribution in [0.5, 0.6) is 0 Å². The summed E-state index contributed by atoms with van der Waals surface area (Å²) in [6.45, 7) is 3.33. The van der Waals surface area contributed by atoms with Crippen molar-refractivity contribution in [2.45, 2.75) is 96.2 Å². The zero-order valence-corrected chi connectivity index (χ0v) is 13.8. The highest BCUT2D eigenvalue weighted by molar-refractivity contribution is 4.78. The molecule has 1 aliphatic rings. The van der Waals surface area contributed by atoms with Crippen LogP contribution in [0.25, 0.3) is 0 Å². The van der Waals surface area contributed by atoms with Crippen molar-refractivity contribution in [1.29, 1.82) is 0 Å². The van der Waals surface area contributed by atoms with Crippen LogP contribution in [0.4, 0.5) is 0 Å². The lowest BCUT2D eigenvalue weighted by Gasteiger charge is -2.24. The van der Waals surface area contributed by atoms with E-state index in [1.165, 1.54) is 70.6 Å². The van der Waals surface area contributed by atoms with Crippen LogP contribution in [0.1, 0.15) is 77.6 Å². The first-order chi connectivity index (χ1) is 10.3. The summed E-state index contributed by atoms with van der Waals surface area (Å²) in [5.41, 5.74) is 0. The average Bonchev–Trinajstić information content (AvgIpc) is 2.94. The van der Waals surface area contributed by atoms with Gasteiger partial charge in [0.1, 0.15) is 0 Å². The van der Waals surface area contributed by atoms with Crippen molar-refractivity contribution in [1.82, 2.24) is 14.9 Å². The van der Waals surface area contributed by atoms with Crippen molar-refractivity contribution >= 4 is 0 Å². The molecule has 21 heavy (non-hydrogen) atoms. The number of nitrogens with zero attached hydrogens (tertiary/aromatic N) is 2. The summed E-state index contributed by atoms with van der Waals surface area (Å²) in [6, 6.07) is 1.24. The molecule has 0 bridgehead atoms. The number of nitrogens with one attached hydrogen (secondary N) is 1. The molecule has 1 aromatic rings. The van der Waals surface area contributed by atoms with Crippen LogP contribution in [0.3, 0.4) is 0 Å². The van der Waals surface area contributed by atoms with Gasteiger partial charge >= 0.3 is 0 Å². The summed E-state index contributed by atoms with van der Waals surface area (Å²) in [6.07, 6.45) is 21.4. The van der Waals surface area contributed by atoms with Crippen LogP contribution in [-0.2, 0) is 6.54 Å². The summed E-state index contributed by atoms with van der Waals surface area (Å²) in [5, 5.41) is 3.86. The van der Waals surface area contributed by atoms with Gasteiger partial charge in [0.15, 0.2) is 0 Å². The highest BCUT2D eigenvalue weighted by atomic mass is 15.1.